The molecular formula is C19H20F2N2O. The number of piperidine rings is 1. The fourth-order valence-electron chi connectivity index (χ4n) is 3.30. The van der Waals surface area contributed by atoms with Crippen molar-refractivity contribution >= 4 is 5.91 Å². The average Bonchev–Trinajstić information content (AvgIpc) is 2.61. The summed E-state index contributed by atoms with van der Waals surface area (Å²) in [5.74, 6) is -1.86. The standard InChI is InChI=1S/C19H20F2N2O/c1-13(16-8-7-15(20)11-17(16)21)19(24)23-10-4-5-14(12-23)18-6-2-3-9-22-18/h2-3,6-9,11,13-14H,4-5,10,12H2,1H3. The van der Waals surface area contributed by atoms with Crippen LogP contribution in [-0.2, 0) is 4.79 Å². The molecule has 0 radical (unpaired) electrons. The van der Waals surface area contributed by atoms with Gasteiger partial charge in [-0.05, 0) is 38.0 Å². The van der Waals surface area contributed by atoms with Crippen LogP contribution in [0.25, 0.3) is 0 Å². The zero-order valence-corrected chi connectivity index (χ0v) is 13.6. The predicted molar refractivity (Wildman–Crippen MR) is 87.6 cm³/mol. The molecule has 1 aromatic carbocycles. The molecule has 5 heteroatoms. The van der Waals surface area contributed by atoms with Gasteiger partial charge in [0.2, 0.25) is 5.91 Å². The van der Waals surface area contributed by atoms with Gasteiger partial charge in [-0.25, -0.2) is 8.78 Å². The fourth-order valence-corrected chi connectivity index (χ4v) is 3.30. The first kappa shape index (κ1) is 16.6. The lowest BCUT2D eigenvalue weighted by Gasteiger charge is -2.34. The van der Waals surface area contributed by atoms with Gasteiger partial charge in [0.15, 0.2) is 0 Å². The zero-order chi connectivity index (χ0) is 17.1. The van der Waals surface area contributed by atoms with Crippen molar-refractivity contribution in [3.63, 3.8) is 0 Å². The Labute approximate surface area is 140 Å². The lowest BCUT2D eigenvalue weighted by atomic mass is 9.92. The first-order valence-corrected chi connectivity index (χ1v) is 8.21. The number of carbonyl (C=O) groups excluding carboxylic acids is 1. The van der Waals surface area contributed by atoms with Crippen molar-refractivity contribution in [1.82, 2.24) is 9.88 Å². The maximum absolute atomic E-state index is 13.9. The molecule has 1 saturated heterocycles. The quantitative estimate of drug-likeness (QED) is 0.856. The number of likely N-dealkylation sites (tertiary alicyclic amines) is 1. The molecule has 2 aromatic rings. The van der Waals surface area contributed by atoms with Crippen molar-refractivity contribution < 1.29 is 13.6 Å². The van der Waals surface area contributed by atoms with Crippen LogP contribution in [0.15, 0.2) is 42.6 Å². The number of rotatable bonds is 3. The van der Waals surface area contributed by atoms with E-state index < -0.39 is 17.6 Å². The minimum atomic E-state index is -0.672. The Hall–Kier alpha value is -2.30. The van der Waals surface area contributed by atoms with E-state index in [9.17, 15) is 13.6 Å². The molecule has 3 rings (SSSR count). The van der Waals surface area contributed by atoms with E-state index in [4.69, 9.17) is 0 Å². The summed E-state index contributed by atoms with van der Waals surface area (Å²) in [5, 5.41) is 0. The third kappa shape index (κ3) is 3.45. The fraction of sp³-hybridized carbons (Fsp3) is 0.368. The van der Waals surface area contributed by atoms with Crippen LogP contribution >= 0.6 is 0 Å². The largest absolute Gasteiger partial charge is 0.342 e. The topological polar surface area (TPSA) is 33.2 Å². The molecule has 0 spiro atoms. The van der Waals surface area contributed by atoms with Crippen LogP contribution in [0.5, 0.6) is 0 Å². The van der Waals surface area contributed by atoms with E-state index in [1.807, 2.05) is 18.2 Å². The summed E-state index contributed by atoms with van der Waals surface area (Å²) in [7, 11) is 0. The third-order valence-electron chi connectivity index (χ3n) is 4.64. The van der Waals surface area contributed by atoms with Gasteiger partial charge >= 0.3 is 0 Å². The molecule has 0 aliphatic carbocycles. The first-order valence-electron chi connectivity index (χ1n) is 8.21. The third-order valence-corrected chi connectivity index (χ3v) is 4.64. The number of nitrogens with zero attached hydrogens (tertiary/aromatic N) is 2. The van der Waals surface area contributed by atoms with Crippen molar-refractivity contribution in [2.75, 3.05) is 13.1 Å². The van der Waals surface area contributed by atoms with Crippen LogP contribution in [0.3, 0.4) is 0 Å². The minimum Gasteiger partial charge on any atom is -0.342 e. The van der Waals surface area contributed by atoms with Gasteiger partial charge in [0.25, 0.3) is 0 Å². The molecule has 1 aliphatic heterocycles. The van der Waals surface area contributed by atoms with Crippen molar-refractivity contribution in [2.24, 2.45) is 0 Å². The summed E-state index contributed by atoms with van der Waals surface area (Å²) in [6, 6.07) is 9.16. The number of amides is 1. The molecule has 1 amide bonds. The van der Waals surface area contributed by atoms with Crippen molar-refractivity contribution in [3.05, 3.63) is 65.5 Å². The van der Waals surface area contributed by atoms with Gasteiger partial charge in [0.1, 0.15) is 11.6 Å². The number of benzene rings is 1. The highest BCUT2D eigenvalue weighted by molar-refractivity contribution is 5.83. The van der Waals surface area contributed by atoms with Gasteiger partial charge in [-0.2, -0.15) is 0 Å². The number of carbonyl (C=O) groups is 1. The molecule has 1 fully saturated rings. The SMILES string of the molecule is CC(C(=O)N1CCCC(c2ccccn2)C1)c1ccc(F)cc1F. The monoisotopic (exact) mass is 330 g/mol. The number of hydrogen-bond acceptors (Lipinski definition) is 2. The molecule has 1 aliphatic rings. The van der Waals surface area contributed by atoms with Gasteiger partial charge in [0, 0.05) is 42.5 Å². The van der Waals surface area contributed by atoms with E-state index in [0.717, 1.165) is 24.6 Å². The van der Waals surface area contributed by atoms with Gasteiger partial charge in [-0.3, -0.25) is 9.78 Å². The first-order chi connectivity index (χ1) is 11.6. The molecule has 0 N–H and O–H groups in total. The second-order valence-corrected chi connectivity index (χ2v) is 6.27. The smallest absolute Gasteiger partial charge is 0.229 e. The summed E-state index contributed by atoms with van der Waals surface area (Å²) in [6.07, 6.45) is 3.64. The molecule has 24 heavy (non-hydrogen) atoms. The highest BCUT2D eigenvalue weighted by Crippen LogP contribution is 2.29. The number of hydrogen-bond donors (Lipinski definition) is 0. The summed E-state index contributed by atoms with van der Waals surface area (Å²) in [6.45, 7) is 2.92. The molecule has 0 bridgehead atoms. The van der Waals surface area contributed by atoms with Crippen LogP contribution in [0.4, 0.5) is 8.78 Å². The maximum Gasteiger partial charge on any atom is 0.229 e. The molecule has 3 nitrogen and oxygen atoms in total. The Balaban J connectivity index is 1.74. The van der Waals surface area contributed by atoms with Crippen LogP contribution in [0, 0.1) is 11.6 Å². The van der Waals surface area contributed by atoms with Crippen molar-refractivity contribution in [3.8, 4) is 0 Å². The Morgan fingerprint density at radius 3 is 2.83 bits per heavy atom. The molecular weight excluding hydrogens is 310 g/mol. The normalized spacial score (nSPS) is 19.1. The number of aromatic nitrogens is 1. The number of halogens is 2. The van der Waals surface area contributed by atoms with E-state index in [0.29, 0.717) is 13.1 Å². The molecule has 2 unspecified atom stereocenters. The van der Waals surface area contributed by atoms with E-state index in [1.165, 1.54) is 12.1 Å². The van der Waals surface area contributed by atoms with E-state index in [1.54, 1.807) is 18.0 Å². The van der Waals surface area contributed by atoms with Crippen LogP contribution in [-0.4, -0.2) is 28.9 Å². The Bertz CT molecular complexity index is 721. The summed E-state index contributed by atoms with van der Waals surface area (Å²) >= 11 is 0. The predicted octanol–water partition coefficient (Wildman–Crippen LogP) is 3.87. The lowest BCUT2D eigenvalue weighted by Crippen LogP contribution is -2.41. The minimum absolute atomic E-state index is 0.124. The Kier molecular flexibility index (Phi) is 4.88. The molecule has 2 atom stereocenters. The highest BCUT2D eigenvalue weighted by Gasteiger charge is 2.29. The van der Waals surface area contributed by atoms with Crippen molar-refractivity contribution in [2.45, 2.75) is 31.6 Å². The summed E-state index contributed by atoms with van der Waals surface area (Å²) in [5.41, 5.74) is 1.22. The van der Waals surface area contributed by atoms with Gasteiger partial charge in [-0.15, -0.1) is 0 Å². The Morgan fingerprint density at radius 1 is 1.29 bits per heavy atom. The highest BCUT2D eigenvalue weighted by atomic mass is 19.1. The molecule has 126 valence electrons. The van der Waals surface area contributed by atoms with E-state index >= 15 is 0 Å². The van der Waals surface area contributed by atoms with Gasteiger partial charge in [-0.1, -0.05) is 12.1 Å². The van der Waals surface area contributed by atoms with Crippen LogP contribution in [0.2, 0.25) is 0 Å². The second kappa shape index (κ2) is 7.07. The molecule has 0 saturated carbocycles. The molecule has 2 heterocycles. The average molecular weight is 330 g/mol. The zero-order valence-electron chi connectivity index (χ0n) is 13.6. The van der Waals surface area contributed by atoms with Gasteiger partial charge in [0.05, 0.1) is 5.92 Å². The Morgan fingerprint density at radius 2 is 2.12 bits per heavy atom. The maximum atomic E-state index is 13.9. The number of pyridine rings is 1. The van der Waals surface area contributed by atoms with E-state index in [-0.39, 0.29) is 17.4 Å². The summed E-state index contributed by atoms with van der Waals surface area (Å²) in [4.78, 5) is 18.9. The van der Waals surface area contributed by atoms with E-state index in [2.05, 4.69) is 4.98 Å². The lowest BCUT2D eigenvalue weighted by molar-refractivity contribution is -0.133. The summed E-state index contributed by atoms with van der Waals surface area (Å²) < 4.78 is 27.0. The van der Waals surface area contributed by atoms with Crippen molar-refractivity contribution in [1.29, 1.82) is 0 Å². The second-order valence-electron chi connectivity index (χ2n) is 6.27. The molecule has 1 aromatic heterocycles. The van der Waals surface area contributed by atoms with Crippen LogP contribution < -0.4 is 0 Å². The van der Waals surface area contributed by atoms with Gasteiger partial charge < -0.3 is 4.90 Å². The van der Waals surface area contributed by atoms with Crippen LogP contribution in [0.1, 0.15) is 42.9 Å².